The van der Waals surface area contributed by atoms with Crippen LogP contribution in [0.15, 0.2) is 18.5 Å². The van der Waals surface area contributed by atoms with Gasteiger partial charge in [-0.25, -0.2) is 0 Å². The second-order valence-corrected chi connectivity index (χ2v) is 5.45. The number of hydrogen-bond donors (Lipinski definition) is 1. The van der Waals surface area contributed by atoms with E-state index in [1.807, 2.05) is 12.3 Å². The molecule has 4 nitrogen and oxygen atoms in total. The molecule has 1 aromatic rings. The van der Waals surface area contributed by atoms with Crippen LogP contribution in [0.1, 0.15) is 32.3 Å². The molecule has 1 aliphatic heterocycles. The standard InChI is InChI=1S/C15H24N2O2/c1-12(2)8-17-9-13-5-6-16-10-15(13)19-11-14-4-3-7-18-14/h5-6,10,12,14,17H,3-4,7-9,11H2,1-2H3. The van der Waals surface area contributed by atoms with Gasteiger partial charge in [0.05, 0.1) is 12.3 Å². The lowest BCUT2D eigenvalue weighted by atomic mass is 10.2. The number of nitrogens with one attached hydrogen (secondary N) is 1. The fourth-order valence-electron chi connectivity index (χ4n) is 2.14. The highest BCUT2D eigenvalue weighted by molar-refractivity contribution is 5.29. The molecule has 1 atom stereocenters. The first-order valence-electron chi connectivity index (χ1n) is 7.13. The van der Waals surface area contributed by atoms with Crippen LogP contribution in [0.4, 0.5) is 0 Å². The van der Waals surface area contributed by atoms with Gasteiger partial charge in [-0.2, -0.15) is 0 Å². The first kappa shape index (κ1) is 14.3. The summed E-state index contributed by atoms with van der Waals surface area (Å²) in [6.45, 7) is 7.73. The zero-order chi connectivity index (χ0) is 13.5. The molecule has 0 bridgehead atoms. The smallest absolute Gasteiger partial charge is 0.142 e. The van der Waals surface area contributed by atoms with Crippen molar-refractivity contribution in [2.45, 2.75) is 39.3 Å². The van der Waals surface area contributed by atoms with E-state index >= 15 is 0 Å². The average Bonchev–Trinajstić information content (AvgIpc) is 2.90. The van der Waals surface area contributed by atoms with E-state index in [-0.39, 0.29) is 6.10 Å². The molecule has 0 saturated carbocycles. The molecule has 2 heterocycles. The Hall–Kier alpha value is -1.13. The summed E-state index contributed by atoms with van der Waals surface area (Å²) in [5, 5.41) is 3.43. The van der Waals surface area contributed by atoms with Gasteiger partial charge in [-0.1, -0.05) is 13.8 Å². The summed E-state index contributed by atoms with van der Waals surface area (Å²) in [7, 11) is 0. The van der Waals surface area contributed by atoms with Gasteiger partial charge in [-0.3, -0.25) is 4.98 Å². The molecule has 1 unspecified atom stereocenters. The average molecular weight is 264 g/mol. The molecule has 19 heavy (non-hydrogen) atoms. The molecule has 4 heteroatoms. The van der Waals surface area contributed by atoms with Crippen molar-refractivity contribution in [2.75, 3.05) is 19.8 Å². The van der Waals surface area contributed by atoms with Gasteiger partial charge < -0.3 is 14.8 Å². The normalized spacial score (nSPS) is 19.0. The van der Waals surface area contributed by atoms with Gasteiger partial charge >= 0.3 is 0 Å². The highest BCUT2D eigenvalue weighted by atomic mass is 16.5. The van der Waals surface area contributed by atoms with Crippen molar-refractivity contribution in [3.63, 3.8) is 0 Å². The molecule has 1 fully saturated rings. The first-order chi connectivity index (χ1) is 9.25. The number of ether oxygens (including phenoxy) is 2. The lowest BCUT2D eigenvalue weighted by Gasteiger charge is -2.15. The fourth-order valence-corrected chi connectivity index (χ4v) is 2.14. The molecule has 1 saturated heterocycles. The van der Waals surface area contributed by atoms with Gasteiger partial charge in [-0.05, 0) is 31.4 Å². The molecule has 0 spiro atoms. The molecule has 1 aliphatic rings. The lowest BCUT2D eigenvalue weighted by Crippen LogP contribution is -2.21. The van der Waals surface area contributed by atoms with Crippen molar-refractivity contribution in [2.24, 2.45) is 5.92 Å². The van der Waals surface area contributed by atoms with E-state index in [0.717, 1.165) is 43.9 Å². The maximum Gasteiger partial charge on any atom is 0.142 e. The van der Waals surface area contributed by atoms with Crippen molar-refractivity contribution in [1.82, 2.24) is 10.3 Å². The molecule has 0 aromatic carbocycles. The second-order valence-electron chi connectivity index (χ2n) is 5.45. The van der Waals surface area contributed by atoms with Crippen LogP contribution in [0.3, 0.4) is 0 Å². The van der Waals surface area contributed by atoms with Crippen LogP contribution in [-0.2, 0) is 11.3 Å². The van der Waals surface area contributed by atoms with Crippen LogP contribution in [0.25, 0.3) is 0 Å². The third-order valence-electron chi connectivity index (χ3n) is 3.19. The predicted octanol–water partition coefficient (Wildman–Crippen LogP) is 2.39. The SMILES string of the molecule is CC(C)CNCc1ccncc1OCC1CCCO1. The van der Waals surface area contributed by atoms with Crippen LogP contribution in [0.2, 0.25) is 0 Å². The van der Waals surface area contributed by atoms with E-state index in [2.05, 4.69) is 24.1 Å². The molecular weight excluding hydrogens is 240 g/mol. The molecule has 2 rings (SSSR count). The number of rotatable bonds is 7. The Morgan fingerprint density at radius 2 is 2.42 bits per heavy atom. The third-order valence-corrected chi connectivity index (χ3v) is 3.19. The van der Waals surface area contributed by atoms with Crippen molar-refractivity contribution >= 4 is 0 Å². The summed E-state index contributed by atoms with van der Waals surface area (Å²) in [4.78, 5) is 4.14. The zero-order valence-corrected chi connectivity index (χ0v) is 11.9. The molecule has 1 N–H and O–H groups in total. The van der Waals surface area contributed by atoms with Crippen molar-refractivity contribution in [3.8, 4) is 5.75 Å². The van der Waals surface area contributed by atoms with E-state index in [4.69, 9.17) is 9.47 Å². The van der Waals surface area contributed by atoms with Crippen LogP contribution in [0, 0.1) is 5.92 Å². The van der Waals surface area contributed by atoms with Gasteiger partial charge in [0.25, 0.3) is 0 Å². The van der Waals surface area contributed by atoms with E-state index in [0.29, 0.717) is 12.5 Å². The Morgan fingerprint density at radius 3 is 3.16 bits per heavy atom. The summed E-state index contributed by atoms with van der Waals surface area (Å²) >= 11 is 0. The van der Waals surface area contributed by atoms with Crippen molar-refractivity contribution in [1.29, 1.82) is 0 Å². The highest BCUT2D eigenvalue weighted by Gasteiger charge is 2.16. The fraction of sp³-hybridized carbons (Fsp3) is 0.667. The quantitative estimate of drug-likeness (QED) is 0.821. The van der Waals surface area contributed by atoms with Crippen LogP contribution in [-0.4, -0.2) is 30.8 Å². The first-order valence-corrected chi connectivity index (χ1v) is 7.13. The van der Waals surface area contributed by atoms with E-state index in [9.17, 15) is 0 Å². The summed E-state index contributed by atoms with van der Waals surface area (Å²) in [6, 6.07) is 2.01. The van der Waals surface area contributed by atoms with E-state index in [1.54, 1.807) is 6.20 Å². The van der Waals surface area contributed by atoms with Gasteiger partial charge in [0.2, 0.25) is 0 Å². The maximum absolute atomic E-state index is 5.85. The van der Waals surface area contributed by atoms with E-state index < -0.39 is 0 Å². The van der Waals surface area contributed by atoms with Crippen molar-refractivity contribution < 1.29 is 9.47 Å². The summed E-state index contributed by atoms with van der Waals surface area (Å²) < 4.78 is 11.4. The molecule has 0 aliphatic carbocycles. The van der Waals surface area contributed by atoms with E-state index in [1.165, 1.54) is 0 Å². The Kier molecular flexibility index (Phi) is 5.61. The maximum atomic E-state index is 5.85. The minimum atomic E-state index is 0.247. The number of hydrogen-bond acceptors (Lipinski definition) is 4. The predicted molar refractivity (Wildman–Crippen MR) is 75.3 cm³/mol. The van der Waals surface area contributed by atoms with Gasteiger partial charge in [-0.15, -0.1) is 0 Å². The van der Waals surface area contributed by atoms with Crippen LogP contribution >= 0.6 is 0 Å². The van der Waals surface area contributed by atoms with Crippen LogP contribution in [0.5, 0.6) is 5.75 Å². The molecule has 1 aromatic heterocycles. The number of aromatic nitrogens is 1. The molecule has 106 valence electrons. The Bertz CT molecular complexity index is 376. The monoisotopic (exact) mass is 264 g/mol. The molecular formula is C15H24N2O2. The Balaban J connectivity index is 1.84. The van der Waals surface area contributed by atoms with Gasteiger partial charge in [0.1, 0.15) is 12.4 Å². The summed E-state index contributed by atoms with van der Waals surface area (Å²) in [5.41, 5.74) is 1.16. The largest absolute Gasteiger partial charge is 0.489 e. The second kappa shape index (κ2) is 7.46. The zero-order valence-electron chi connectivity index (χ0n) is 11.9. The minimum Gasteiger partial charge on any atom is -0.489 e. The lowest BCUT2D eigenvalue weighted by molar-refractivity contribution is 0.0674. The van der Waals surface area contributed by atoms with Crippen LogP contribution < -0.4 is 10.1 Å². The third kappa shape index (κ3) is 4.80. The molecule has 0 radical (unpaired) electrons. The number of nitrogens with zero attached hydrogens (tertiary/aromatic N) is 1. The van der Waals surface area contributed by atoms with Crippen molar-refractivity contribution in [3.05, 3.63) is 24.0 Å². The van der Waals surface area contributed by atoms with Gasteiger partial charge in [0, 0.05) is 24.9 Å². The number of pyridine rings is 1. The minimum absolute atomic E-state index is 0.247. The summed E-state index contributed by atoms with van der Waals surface area (Å²) in [6.07, 6.45) is 6.09. The summed E-state index contributed by atoms with van der Waals surface area (Å²) in [5.74, 6) is 1.52. The van der Waals surface area contributed by atoms with Gasteiger partial charge in [0.15, 0.2) is 0 Å². The topological polar surface area (TPSA) is 43.4 Å². The Morgan fingerprint density at radius 1 is 1.53 bits per heavy atom. The highest BCUT2D eigenvalue weighted by Crippen LogP contribution is 2.19. The Labute approximate surface area is 115 Å². The molecule has 0 amide bonds.